The maximum atomic E-state index is 5.79. The Kier molecular flexibility index (Phi) is 4.68. The molecule has 0 amide bonds. The van der Waals surface area contributed by atoms with Gasteiger partial charge in [-0.2, -0.15) is 0 Å². The zero-order valence-electron chi connectivity index (χ0n) is 9.32. The fourth-order valence-electron chi connectivity index (χ4n) is 1.24. The predicted molar refractivity (Wildman–Crippen MR) is 59.9 cm³/mol. The molecule has 0 aliphatic carbocycles. The molecule has 2 N–H and O–H groups in total. The van der Waals surface area contributed by atoms with Gasteiger partial charge in [0.05, 0.1) is 13.2 Å². The highest BCUT2D eigenvalue weighted by molar-refractivity contribution is 5.92. The van der Waals surface area contributed by atoms with Crippen LogP contribution in [-0.4, -0.2) is 19.1 Å². The van der Waals surface area contributed by atoms with E-state index < -0.39 is 0 Å². The van der Waals surface area contributed by atoms with Crippen molar-refractivity contribution >= 4 is 5.90 Å². The second kappa shape index (κ2) is 6.06. The Balaban J connectivity index is 2.80. The van der Waals surface area contributed by atoms with E-state index in [0.29, 0.717) is 19.1 Å². The maximum Gasteiger partial charge on any atom is 0.370 e. The largest absolute Gasteiger partial charge is 0.493 e. The average Bonchev–Trinajstić information content (AvgIpc) is 2.27. The van der Waals surface area contributed by atoms with Crippen molar-refractivity contribution < 1.29 is 14.9 Å². The van der Waals surface area contributed by atoms with Crippen molar-refractivity contribution in [3.05, 3.63) is 29.8 Å². The first-order valence-corrected chi connectivity index (χ1v) is 5.27. The minimum Gasteiger partial charge on any atom is -0.493 e. The van der Waals surface area contributed by atoms with Crippen LogP contribution in [0.15, 0.2) is 24.3 Å². The Hall–Kier alpha value is -1.51. The monoisotopic (exact) mass is 208 g/mol. The molecule has 0 unspecified atom stereocenters. The lowest BCUT2D eigenvalue weighted by Crippen LogP contribution is -2.42. The Morgan fingerprint density at radius 2 is 2.00 bits per heavy atom. The summed E-state index contributed by atoms with van der Waals surface area (Å²) in [6.45, 7) is 5.23. The minimum absolute atomic E-state index is 0.421. The van der Waals surface area contributed by atoms with Crippen molar-refractivity contribution in [2.45, 2.75) is 20.3 Å². The third-order valence-corrected chi connectivity index (χ3v) is 1.91. The van der Waals surface area contributed by atoms with Crippen LogP contribution < -0.4 is 10.1 Å². The third kappa shape index (κ3) is 3.27. The van der Waals surface area contributed by atoms with E-state index in [1.807, 2.05) is 31.2 Å². The fourth-order valence-corrected chi connectivity index (χ4v) is 1.24. The molecular formula is C12H18NO2+. The van der Waals surface area contributed by atoms with E-state index in [1.165, 1.54) is 0 Å². The van der Waals surface area contributed by atoms with Crippen molar-refractivity contribution in [3.8, 4) is 5.75 Å². The van der Waals surface area contributed by atoms with Gasteiger partial charge < -0.3 is 9.47 Å². The summed E-state index contributed by atoms with van der Waals surface area (Å²) in [6.07, 6.45) is 0.975. The van der Waals surface area contributed by atoms with Crippen molar-refractivity contribution in [1.82, 2.24) is 0 Å². The van der Waals surface area contributed by atoms with Gasteiger partial charge in [-0.05, 0) is 25.5 Å². The SMILES string of the molecule is CCCOc1ccccc1C(=[NH2+])OCC. The van der Waals surface area contributed by atoms with Gasteiger partial charge in [-0.3, -0.25) is 0 Å². The Morgan fingerprint density at radius 1 is 1.27 bits per heavy atom. The van der Waals surface area contributed by atoms with E-state index in [1.54, 1.807) is 0 Å². The van der Waals surface area contributed by atoms with Gasteiger partial charge in [0.15, 0.2) is 0 Å². The van der Waals surface area contributed by atoms with Crippen LogP contribution in [0.5, 0.6) is 5.75 Å². The molecule has 0 saturated heterocycles. The second-order valence-corrected chi connectivity index (χ2v) is 3.14. The smallest absolute Gasteiger partial charge is 0.370 e. The van der Waals surface area contributed by atoms with Crippen LogP contribution in [0.1, 0.15) is 25.8 Å². The summed E-state index contributed by atoms with van der Waals surface area (Å²) >= 11 is 0. The maximum absolute atomic E-state index is 5.79. The summed E-state index contributed by atoms with van der Waals surface area (Å²) in [5.74, 6) is 1.20. The Morgan fingerprint density at radius 3 is 2.67 bits per heavy atom. The van der Waals surface area contributed by atoms with E-state index in [9.17, 15) is 0 Å². The number of nitrogens with two attached hydrogens (primary N) is 1. The number of benzene rings is 1. The molecule has 3 heteroatoms. The fraction of sp³-hybridized carbons (Fsp3) is 0.417. The number of rotatable bonds is 5. The molecule has 0 bridgehead atoms. The molecule has 15 heavy (non-hydrogen) atoms. The highest BCUT2D eigenvalue weighted by Gasteiger charge is 2.13. The van der Waals surface area contributed by atoms with Gasteiger partial charge in [0, 0.05) is 0 Å². The molecule has 0 aliphatic heterocycles. The van der Waals surface area contributed by atoms with Gasteiger partial charge in [-0.25, -0.2) is 5.41 Å². The van der Waals surface area contributed by atoms with Gasteiger partial charge >= 0.3 is 5.90 Å². The molecule has 0 spiro atoms. The lowest BCUT2D eigenvalue weighted by molar-refractivity contribution is -0.138. The number of para-hydroxylation sites is 1. The summed E-state index contributed by atoms with van der Waals surface area (Å²) < 4.78 is 10.8. The summed E-state index contributed by atoms with van der Waals surface area (Å²) in [5.41, 5.74) is 0.827. The first-order chi connectivity index (χ1) is 7.29. The third-order valence-electron chi connectivity index (χ3n) is 1.91. The molecule has 0 heterocycles. The molecular weight excluding hydrogens is 190 g/mol. The zero-order chi connectivity index (χ0) is 11.1. The first-order valence-electron chi connectivity index (χ1n) is 5.27. The van der Waals surface area contributed by atoms with Crippen LogP contribution >= 0.6 is 0 Å². The van der Waals surface area contributed by atoms with Crippen molar-refractivity contribution in [3.63, 3.8) is 0 Å². The normalized spacial score (nSPS) is 9.73. The second-order valence-electron chi connectivity index (χ2n) is 3.14. The van der Waals surface area contributed by atoms with Gasteiger partial charge in [0.2, 0.25) is 0 Å². The Labute approximate surface area is 90.5 Å². The van der Waals surface area contributed by atoms with Crippen LogP contribution in [0.4, 0.5) is 0 Å². The van der Waals surface area contributed by atoms with E-state index in [-0.39, 0.29) is 0 Å². The average molecular weight is 208 g/mol. The van der Waals surface area contributed by atoms with Crippen molar-refractivity contribution in [2.24, 2.45) is 0 Å². The van der Waals surface area contributed by atoms with E-state index in [2.05, 4.69) is 6.92 Å². The van der Waals surface area contributed by atoms with Gasteiger partial charge in [-0.1, -0.05) is 19.1 Å². The molecule has 0 fully saturated rings. The van der Waals surface area contributed by atoms with Crippen LogP contribution in [0.25, 0.3) is 0 Å². The van der Waals surface area contributed by atoms with Crippen LogP contribution in [0.3, 0.4) is 0 Å². The molecule has 82 valence electrons. The van der Waals surface area contributed by atoms with Crippen molar-refractivity contribution in [2.75, 3.05) is 13.2 Å². The van der Waals surface area contributed by atoms with Crippen LogP contribution in [-0.2, 0) is 4.74 Å². The predicted octanol–water partition coefficient (Wildman–Crippen LogP) is 1.02. The summed E-state index contributed by atoms with van der Waals surface area (Å²) in [5, 5.41) is 5.79. The summed E-state index contributed by atoms with van der Waals surface area (Å²) in [6, 6.07) is 7.64. The van der Waals surface area contributed by atoms with Gasteiger partial charge in [-0.15, -0.1) is 0 Å². The molecule has 0 radical (unpaired) electrons. The van der Waals surface area contributed by atoms with Gasteiger partial charge in [0.1, 0.15) is 11.3 Å². The van der Waals surface area contributed by atoms with E-state index in [4.69, 9.17) is 14.9 Å². The van der Waals surface area contributed by atoms with Crippen LogP contribution in [0, 0.1) is 0 Å². The zero-order valence-corrected chi connectivity index (χ0v) is 9.32. The summed E-state index contributed by atoms with van der Waals surface area (Å²) in [4.78, 5) is 0. The molecule has 0 aliphatic rings. The van der Waals surface area contributed by atoms with Crippen LogP contribution in [0.2, 0.25) is 0 Å². The topological polar surface area (TPSA) is 44.0 Å². The summed E-state index contributed by atoms with van der Waals surface area (Å²) in [7, 11) is 0. The molecule has 0 aromatic heterocycles. The highest BCUT2D eigenvalue weighted by atomic mass is 16.5. The lowest BCUT2D eigenvalue weighted by atomic mass is 10.2. The van der Waals surface area contributed by atoms with E-state index in [0.717, 1.165) is 17.7 Å². The van der Waals surface area contributed by atoms with E-state index >= 15 is 0 Å². The first kappa shape index (κ1) is 11.6. The molecule has 1 aromatic rings. The molecule has 0 atom stereocenters. The van der Waals surface area contributed by atoms with Gasteiger partial charge in [0.25, 0.3) is 0 Å². The molecule has 0 saturated carbocycles. The molecule has 1 rings (SSSR count). The quantitative estimate of drug-likeness (QED) is 0.580. The standard InChI is InChI=1S/C12H17NO2/c1-3-9-15-11-8-6-5-7-10(11)12(13)14-4-2/h5-8,13H,3-4,9H2,1-2H3/p+1. The number of hydrogen-bond acceptors (Lipinski definition) is 2. The minimum atomic E-state index is 0.421. The number of ether oxygens (including phenoxy) is 2. The number of hydrogen-bond donors (Lipinski definition) is 1. The highest BCUT2D eigenvalue weighted by Crippen LogP contribution is 2.18. The molecule has 1 aromatic carbocycles. The van der Waals surface area contributed by atoms with Crippen molar-refractivity contribution in [1.29, 1.82) is 0 Å². The molecule has 3 nitrogen and oxygen atoms in total. The lowest BCUT2D eigenvalue weighted by Gasteiger charge is -2.08. The Bertz CT molecular complexity index is 323.